The molecule has 27 heavy (non-hydrogen) atoms. The summed E-state index contributed by atoms with van der Waals surface area (Å²) in [5.74, 6) is 0.346. The van der Waals surface area contributed by atoms with Crippen molar-refractivity contribution < 1.29 is 9.90 Å². The van der Waals surface area contributed by atoms with Crippen molar-refractivity contribution in [1.29, 1.82) is 0 Å². The molecule has 1 aliphatic heterocycles. The number of carbonyl (C=O) groups is 1. The number of rotatable bonds is 6. The van der Waals surface area contributed by atoms with E-state index in [4.69, 9.17) is 0 Å². The zero-order valence-corrected chi connectivity index (χ0v) is 16.3. The molecule has 1 fully saturated rings. The topological polar surface area (TPSA) is 47.0 Å². The quantitative estimate of drug-likeness (QED) is 0.853. The van der Waals surface area contributed by atoms with Crippen LogP contribution in [0.25, 0.3) is 0 Å². The third kappa shape index (κ3) is 5.31. The maximum Gasteiger partial charge on any atom is 0.241 e. The third-order valence-electron chi connectivity index (χ3n) is 5.19. The van der Waals surface area contributed by atoms with E-state index in [1.165, 1.54) is 5.56 Å². The van der Waals surface area contributed by atoms with Crippen LogP contribution >= 0.6 is 0 Å². The highest BCUT2D eigenvalue weighted by Gasteiger charge is 2.22. The average molecular weight is 367 g/mol. The summed E-state index contributed by atoms with van der Waals surface area (Å²) in [4.78, 5) is 19.5. The van der Waals surface area contributed by atoms with E-state index in [1.54, 1.807) is 12.1 Å². The summed E-state index contributed by atoms with van der Waals surface area (Å²) in [5, 5.41) is 9.52. The average Bonchev–Trinajstić information content (AvgIpc) is 2.69. The zero-order valence-electron chi connectivity index (χ0n) is 16.3. The van der Waals surface area contributed by atoms with E-state index in [9.17, 15) is 9.90 Å². The molecule has 1 N–H and O–H groups in total. The fraction of sp³-hybridized carbons (Fsp3) is 0.409. The SMILES string of the molecule is CCc1ccc(N(Cc2ccc(O)cc2)C(=O)CN2CCN(C)CC2)cc1. The smallest absolute Gasteiger partial charge is 0.241 e. The molecule has 0 aromatic heterocycles. The fourth-order valence-electron chi connectivity index (χ4n) is 3.30. The summed E-state index contributed by atoms with van der Waals surface area (Å²) < 4.78 is 0. The van der Waals surface area contributed by atoms with Crippen molar-refractivity contribution in [2.75, 3.05) is 44.7 Å². The number of anilines is 1. The van der Waals surface area contributed by atoms with Crippen molar-refractivity contribution in [3.05, 3.63) is 59.7 Å². The molecule has 0 aliphatic carbocycles. The predicted octanol–water partition coefficient (Wildman–Crippen LogP) is 2.74. The van der Waals surface area contributed by atoms with Gasteiger partial charge in [-0.2, -0.15) is 0 Å². The molecule has 1 heterocycles. The lowest BCUT2D eigenvalue weighted by Crippen LogP contribution is -2.48. The Kier molecular flexibility index (Phi) is 6.48. The van der Waals surface area contributed by atoms with Gasteiger partial charge in [-0.05, 0) is 48.9 Å². The Morgan fingerprint density at radius 3 is 2.15 bits per heavy atom. The molecule has 0 atom stereocenters. The lowest BCUT2D eigenvalue weighted by atomic mass is 10.1. The van der Waals surface area contributed by atoms with Gasteiger partial charge in [0, 0.05) is 31.9 Å². The first-order valence-electron chi connectivity index (χ1n) is 9.63. The number of piperazine rings is 1. The van der Waals surface area contributed by atoms with Crippen LogP contribution in [0, 0.1) is 0 Å². The second-order valence-corrected chi connectivity index (χ2v) is 7.25. The van der Waals surface area contributed by atoms with Gasteiger partial charge in [-0.15, -0.1) is 0 Å². The zero-order chi connectivity index (χ0) is 19.2. The number of hydrogen-bond acceptors (Lipinski definition) is 4. The maximum absolute atomic E-state index is 13.1. The molecular formula is C22H29N3O2. The number of amides is 1. The standard InChI is InChI=1S/C22H29N3O2/c1-3-18-4-8-20(9-5-18)25(16-19-6-10-21(26)11-7-19)22(27)17-24-14-12-23(2)13-15-24/h4-11,26H,3,12-17H2,1-2H3. The van der Waals surface area contributed by atoms with Gasteiger partial charge in [0.25, 0.3) is 0 Å². The second kappa shape index (κ2) is 9.02. The van der Waals surface area contributed by atoms with Gasteiger partial charge in [0.05, 0.1) is 13.1 Å². The van der Waals surface area contributed by atoms with Gasteiger partial charge in [-0.3, -0.25) is 9.69 Å². The molecule has 0 unspecified atom stereocenters. The summed E-state index contributed by atoms with van der Waals surface area (Å²) in [6, 6.07) is 15.3. The second-order valence-electron chi connectivity index (χ2n) is 7.25. The third-order valence-corrected chi connectivity index (χ3v) is 5.19. The number of nitrogens with zero attached hydrogens (tertiary/aromatic N) is 3. The molecule has 0 spiro atoms. The first-order chi connectivity index (χ1) is 13.0. The van der Waals surface area contributed by atoms with E-state index in [0.717, 1.165) is 43.9 Å². The summed E-state index contributed by atoms with van der Waals surface area (Å²) >= 11 is 0. The number of benzene rings is 2. The van der Waals surface area contributed by atoms with Crippen LogP contribution in [0.4, 0.5) is 5.69 Å². The van der Waals surface area contributed by atoms with E-state index >= 15 is 0 Å². The Bertz CT molecular complexity index is 735. The normalized spacial score (nSPS) is 15.6. The first kappa shape index (κ1) is 19.4. The van der Waals surface area contributed by atoms with Gasteiger partial charge in [0.2, 0.25) is 5.91 Å². The molecule has 0 bridgehead atoms. The largest absolute Gasteiger partial charge is 0.508 e. The molecule has 1 saturated heterocycles. The van der Waals surface area contributed by atoms with Gasteiger partial charge in [0.1, 0.15) is 5.75 Å². The Morgan fingerprint density at radius 1 is 0.963 bits per heavy atom. The van der Waals surface area contributed by atoms with Crippen LogP contribution in [-0.2, 0) is 17.8 Å². The maximum atomic E-state index is 13.1. The number of phenolic OH excluding ortho intramolecular Hbond substituents is 1. The van der Waals surface area contributed by atoms with Crippen molar-refractivity contribution in [1.82, 2.24) is 9.80 Å². The van der Waals surface area contributed by atoms with E-state index in [1.807, 2.05) is 29.2 Å². The van der Waals surface area contributed by atoms with Gasteiger partial charge in [0.15, 0.2) is 0 Å². The van der Waals surface area contributed by atoms with Gasteiger partial charge in [-0.1, -0.05) is 31.2 Å². The lowest BCUT2D eigenvalue weighted by molar-refractivity contribution is -0.120. The molecule has 3 rings (SSSR count). The molecule has 144 valence electrons. The van der Waals surface area contributed by atoms with Crippen molar-refractivity contribution in [2.45, 2.75) is 19.9 Å². The van der Waals surface area contributed by atoms with Crippen LogP contribution in [0.2, 0.25) is 0 Å². The number of likely N-dealkylation sites (N-methyl/N-ethyl adjacent to an activating group) is 1. The highest BCUT2D eigenvalue weighted by Crippen LogP contribution is 2.20. The Labute approximate surface area is 161 Å². The van der Waals surface area contributed by atoms with Crippen LogP contribution in [0.3, 0.4) is 0 Å². The Morgan fingerprint density at radius 2 is 1.56 bits per heavy atom. The van der Waals surface area contributed by atoms with Crippen molar-refractivity contribution in [3.63, 3.8) is 0 Å². The molecule has 2 aromatic rings. The van der Waals surface area contributed by atoms with E-state index in [-0.39, 0.29) is 11.7 Å². The number of aryl methyl sites for hydroxylation is 1. The predicted molar refractivity (Wildman–Crippen MR) is 109 cm³/mol. The van der Waals surface area contributed by atoms with Crippen LogP contribution in [-0.4, -0.2) is 60.6 Å². The summed E-state index contributed by atoms with van der Waals surface area (Å²) in [7, 11) is 2.12. The van der Waals surface area contributed by atoms with Gasteiger partial charge >= 0.3 is 0 Å². The van der Waals surface area contributed by atoms with Crippen LogP contribution in [0.5, 0.6) is 5.75 Å². The van der Waals surface area contributed by atoms with E-state index in [0.29, 0.717) is 13.1 Å². The molecule has 5 heteroatoms. The summed E-state index contributed by atoms with van der Waals surface area (Å²) in [6.07, 6.45) is 0.980. The van der Waals surface area contributed by atoms with Crippen molar-refractivity contribution in [3.8, 4) is 5.75 Å². The number of carbonyl (C=O) groups excluding carboxylic acids is 1. The van der Waals surface area contributed by atoms with Crippen LogP contribution in [0.15, 0.2) is 48.5 Å². The minimum atomic E-state index is 0.108. The minimum Gasteiger partial charge on any atom is -0.508 e. The van der Waals surface area contributed by atoms with Crippen molar-refractivity contribution in [2.24, 2.45) is 0 Å². The highest BCUT2D eigenvalue weighted by atomic mass is 16.3. The molecule has 5 nitrogen and oxygen atoms in total. The molecule has 2 aromatic carbocycles. The highest BCUT2D eigenvalue weighted by molar-refractivity contribution is 5.94. The number of aromatic hydroxyl groups is 1. The van der Waals surface area contributed by atoms with E-state index < -0.39 is 0 Å². The molecule has 1 aliphatic rings. The summed E-state index contributed by atoms with van der Waals surface area (Å²) in [6.45, 7) is 6.89. The van der Waals surface area contributed by atoms with Crippen LogP contribution < -0.4 is 4.90 Å². The number of hydrogen-bond donors (Lipinski definition) is 1. The molecule has 0 saturated carbocycles. The van der Waals surface area contributed by atoms with E-state index in [2.05, 4.69) is 35.9 Å². The number of phenols is 1. The van der Waals surface area contributed by atoms with Gasteiger partial charge in [-0.25, -0.2) is 0 Å². The van der Waals surface area contributed by atoms with Gasteiger partial charge < -0.3 is 14.9 Å². The molecular weight excluding hydrogens is 338 g/mol. The molecule has 1 amide bonds. The Hall–Kier alpha value is -2.37. The van der Waals surface area contributed by atoms with Crippen LogP contribution in [0.1, 0.15) is 18.1 Å². The van der Waals surface area contributed by atoms with Crippen molar-refractivity contribution >= 4 is 11.6 Å². The lowest BCUT2D eigenvalue weighted by Gasteiger charge is -2.33. The fourth-order valence-corrected chi connectivity index (χ4v) is 3.30. The minimum absolute atomic E-state index is 0.108. The summed E-state index contributed by atoms with van der Waals surface area (Å²) in [5.41, 5.74) is 3.17. The monoisotopic (exact) mass is 367 g/mol. The molecule has 0 radical (unpaired) electrons. The first-order valence-corrected chi connectivity index (χ1v) is 9.63. The Balaban J connectivity index is 1.77.